The molecule has 0 saturated heterocycles. The number of nitrogens with one attached hydrogen (secondary N) is 1. The third-order valence-electron chi connectivity index (χ3n) is 3.25. The van der Waals surface area contributed by atoms with Crippen LogP contribution in [0.15, 0.2) is 30.5 Å². The van der Waals surface area contributed by atoms with E-state index in [4.69, 9.17) is 4.74 Å². The lowest BCUT2D eigenvalue weighted by Gasteiger charge is -2.09. The molecule has 2 rings (SSSR count). The smallest absolute Gasteiger partial charge is 0.0677 e. The predicted octanol–water partition coefficient (Wildman–Crippen LogP) is 2.23. The minimum absolute atomic E-state index is 0.727. The van der Waals surface area contributed by atoms with Crippen molar-refractivity contribution in [2.75, 3.05) is 20.3 Å². The summed E-state index contributed by atoms with van der Waals surface area (Å²) in [5, 5.41) is 7.84. The van der Waals surface area contributed by atoms with E-state index in [2.05, 4.69) is 36.4 Å². The summed E-state index contributed by atoms with van der Waals surface area (Å²) in [6.45, 7) is 6.61. The first-order valence-electron chi connectivity index (χ1n) is 6.53. The lowest BCUT2D eigenvalue weighted by molar-refractivity contribution is 0.199. The van der Waals surface area contributed by atoms with Gasteiger partial charge in [0, 0.05) is 31.5 Å². The summed E-state index contributed by atoms with van der Waals surface area (Å²) < 4.78 is 7.02. The number of rotatable bonds is 6. The van der Waals surface area contributed by atoms with Gasteiger partial charge in [-0.2, -0.15) is 5.10 Å². The molecule has 4 nitrogen and oxygen atoms in total. The molecular weight excluding hydrogens is 238 g/mol. The van der Waals surface area contributed by atoms with Gasteiger partial charge in [0.15, 0.2) is 0 Å². The molecular formula is C15H21N3O. The summed E-state index contributed by atoms with van der Waals surface area (Å²) in [5.74, 6) is 0. The van der Waals surface area contributed by atoms with E-state index in [1.165, 1.54) is 16.8 Å². The van der Waals surface area contributed by atoms with E-state index in [-0.39, 0.29) is 0 Å². The van der Waals surface area contributed by atoms with Gasteiger partial charge in [-0.05, 0) is 25.5 Å². The van der Waals surface area contributed by atoms with E-state index in [9.17, 15) is 0 Å². The van der Waals surface area contributed by atoms with Gasteiger partial charge in [0.2, 0.25) is 0 Å². The first-order chi connectivity index (χ1) is 9.24. The van der Waals surface area contributed by atoms with Crippen LogP contribution in [0.2, 0.25) is 0 Å². The van der Waals surface area contributed by atoms with Gasteiger partial charge < -0.3 is 10.1 Å². The maximum Gasteiger partial charge on any atom is 0.0677 e. The lowest BCUT2D eigenvalue weighted by atomic mass is 10.2. The quantitative estimate of drug-likeness (QED) is 0.809. The van der Waals surface area contributed by atoms with Gasteiger partial charge in [-0.3, -0.25) is 0 Å². The van der Waals surface area contributed by atoms with Crippen LogP contribution in [0.25, 0.3) is 5.69 Å². The molecule has 4 heteroatoms. The molecule has 1 aromatic carbocycles. The van der Waals surface area contributed by atoms with Gasteiger partial charge >= 0.3 is 0 Å². The summed E-state index contributed by atoms with van der Waals surface area (Å²) in [7, 11) is 1.71. The highest BCUT2D eigenvalue weighted by atomic mass is 16.5. The van der Waals surface area contributed by atoms with Gasteiger partial charge in [0.25, 0.3) is 0 Å². The monoisotopic (exact) mass is 259 g/mol. The summed E-state index contributed by atoms with van der Waals surface area (Å²) in [5.41, 5.74) is 4.77. The first kappa shape index (κ1) is 13.8. The second kappa shape index (κ2) is 6.50. The fraction of sp³-hybridized carbons (Fsp3) is 0.400. The van der Waals surface area contributed by atoms with Gasteiger partial charge in [-0.1, -0.05) is 18.2 Å². The number of aromatic nitrogens is 2. The number of benzene rings is 1. The maximum absolute atomic E-state index is 5.02. The van der Waals surface area contributed by atoms with E-state index in [0.717, 1.165) is 25.4 Å². The number of hydrogen-bond acceptors (Lipinski definition) is 3. The Labute approximate surface area is 114 Å². The molecule has 1 heterocycles. The summed E-state index contributed by atoms with van der Waals surface area (Å²) in [4.78, 5) is 0. The zero-order chi connectivity index (χ0) is 13.7. The molecule has 1 aromatic heterocycles. The fourth-order valence-corrected chi connectivity index (χ4v) is 2.06. The largest absolute Gasteiger partial charge is 0.383 e. The van der Waals surface area contributed by atoms with Crippen LogP contribution in [0.4, 0.5) is 0 Å². The van der Waals surface area contributed by atoms with Crippen LogP contribution in [0.3, 0.4) is 0 Å². The molecule has 0 aliphatic carbocycles. The van der Waals surface area contributed by atoms with E-state index >= 15 is 0 Å². The van der Waals surface area contributed by atoms with Crippen molar-refractivity contribution in [3.05, 3.63) is 47.3 Å². The second-order valence-corrected chi connectivity index (χ2v) is 4.62. The molecule has 0 spiro atoms. The summed E-state index contributed by atoms with van der Waals surface area (Å²) >= 11 is 0. The lowest BCUT2D eigenvalue weighted by Crippen LogP contribution is -2.18. The molecule has 0 aliphatic heterocycles. The minimum Gasteiger partial charge on any atom is -0.383 e. The number of hydrogen-bond donors (Lipinski definition) is 1. The molecule has 0 radical (unpaired) electrons. The molecule has 19 heavy (non-hydrogen) atoms. The summed E-state index contributed by atoms with van der Waals surface area (Å²) in [6, 6.07) is 8.29. The Bertz CT molecular complexity index is 534. The van der Waals surface area contributed by atoms with Crippen molar-refractivity contribution in [3.8, 4) is 5.69 Å². The molecule has 1 N–H and O–H groups in total. The molecule has 0 fully saturated rings. The number of methoxy groups -OCH3 is 1. The topological polar surface area (TPSA) is 39.1 Å². The van der Waals surface area contributed by atoms with Crippen molar-refractivity contribution < 1.29 is 4.74 Å². The van der Waals surface area contributed by atoms with Crippen molar-refractivity contribution in [3.63, 3.8) is 0 Å². The SMILES string of the molecule is COCCNCc1cnn(-c2ccccc2C)c1C. The number of para-hydroxylation sites is 1. The summed E-state index contributed by atoms with van der Waals surface area (Å²) in [6.07, 6.45) is 1.93. The third kappa shape index (κ3) is 3.22. The zero-order valence-electron chi connectivity index (χ0n) is 11.8. The van der Waals surface area contributed by atoms with Crippen molar-refractivity contribution in [2.45, 2.75) is 20.4 Å². The molecule has 0 amide bonds. The fourth-order valence-electron chi connectivity index (χ4n) is 2.06. The number of aryl methyl sites for hydroxylation is 1. The molecule has 0 bridgehead atoms. The molecule has 0 aliphatic rings. The van der Waals surface area contributed by atoms with Crippen LogP contribution in [0.5, 0.6) is 0 Å². The van der Waals surface area contributed by atoms with E-state index in [1.807, 2.05) is 23.0 Å². The molecule has 0 saturated carbocycles. The Kier molecular flexibility index (Phi) is 4.71. The van der Waals surface area contributed by atoms with Gasteiger partial charge in [0.05, 0.1) is 18.5 Å². The first-order valence-corrected chi connectivity index (χ1v) is 6.53. The van der Waals surface area contributed by atoms with Crippen molar-refractivity contribution >= 4 is 0 Å². The van der Waals surface area contributed by atoms with E-state index in [1.54, 1.807) is 7.11 Å². The Morgan fingerprint density at radius 3 is 2.79 bits per heavy atom. The predicted molar refractivity (Wildman–Crippen MR) is 76.6 cm³/mol. The average Bonchev–Trinajstić information content (AvgIpc) is 2.77. The average molecular weight is 259 g/mol. The second-order valence-electron chi connectivity index (χ2n) is 4.62. The third-order valence-corrected chi connectivity index (χ3v) is 3.25. The Balaban J connectivity index is 2.12. The zero-order valence-corrected chi connectivity index (χ0v) is 11.8. The highest BCUT2D eigenvalue weighted by molar-refractivity contribution is 5.41. The van der Waals surface area contributed by atoms with E-state index < -0.39 is 0 Å². The van der Waals surface area contributed by atoms with Gasteiger partial charge in [0.1, 0.15) is 0 Å². The molecule has 102 valence electrons. The van der Waals surface area contributed by atoms with Crippen LogP contribution in [-0.4, -0.2) is 30.0 Å². The Morgan fingerprint density at radius 1 is 1.26 bits per heavy atom. The standard InChI is InChI=1S/C15H21N3O/c1-12-6-4-5-7-15(12)18-13(2)14(11-17-18)10-16-8-9-19-3/h4-7,11,16H,8-10H2,1-3H3. The van der Waals surface area contributed by atoms with Crippen molar-refractivity contribution in [1.82, 2.24) is 15.1 Å². The minimum atomic E-state index is 0.727. The van der Waals surface area contributed by atoms with Crippen LogP contribution < -0.4 is 5.32 Å². The van der Waals surface area contributed by atoms with E-state index in [0.29, 0.717) is 0 Å². The van der Waals surface area contributed by atoms with Crippen LogP contribution in [-0.2, 0) is 11.3 Å². The van der Waals surface area contributed by atoms with Crippen molar-refractivity contribution in [1.29, 1.82) is 0 Å². The highest BCUT2D eigenvalue weighted by Crippen LogP contribution is 2.17. The van der Waals surface area contributed by atoms with Crippen LogP contribution in [0, 0.1) is 13.8 Å². The normalized spacial score (nSPS) is 10.9. The van der Waals surface area contributed by atoms with Crippen LogP contribution in [0.1, 0.15) is 16.8 Å². The number of ether oxygens (including phenoxy) is 1. The molecule has 0 atom stereocenters. The van der Waals surface area contributed by atoms with Gasteiger partial charge in [-0.25, -0.2) is 4.68 Å². The van der Waals surface area contributed by atoms with Crippen molar-refractivity contribution in [2.24, 2.45) is 0 Å². The van der Waals surface area contributed by atoms with Crippen LogP contribution >= 0.6 is 0 Å². The number of nitrogens with zero attached hydrogens (tertiary/aromatic N) is 2. The Hall–Kier alpha value is -1.65. The molecule has 0 unspecified atom stereocenters. The highest BCUT2D eigenvalue weighted by Gasteiger charge is 2.09. The maximum atomic E-state index is 5.02. The molecule has 2 aromatic rings. The Morgan fingerprint density at radius 2 is 2.05 bits per heavy atom. The van der Waals surface area contributed by atoms with Gasteiger partial charge in [-0.15, -0.1) is 0 Å².